The van der Waals surface area contributed by atoms with Crippen molar-refractivity contribution in [3.8, 4) is 0 Å². The number of nitrogens with zero attached hydrogens (tertiary/aromatic N) is 3. The molecule has 2 aliphatic heterocycles. The molecule has 1 aromatic carbocycles. The minimum atomic E-state index is -3.12. The van der Waals surface area contributed by atoms with E-state index in [-0.39, 0.29) is 18.9 Å². The molecule has 3 heterocycles. The maximum absolute atomic E-state index is 15.1. The van der Waals surface area contributed by atoms with Crippen LogP contribution in [0.5, 0.6) is 0 Å². The molecule has 0 radical (unpaired) electrons. The van der Waals surface area contributed by atoms with Crippen LogP contribution in [0.25, 0.3) is 10.9 Å². The van der Waals surface area contributed by atoms with E-state index >= 15 is 8.78 Å². The highest BCUT2D eigenvalue weighted by molar-refractivity contribution is 5.91. The quantitative estimate of drug-likeness (QED) is 0.711. The smallest absolute Gasteiger partial charge is 0.410 e. The number of alkyl halides is 2. The lowest BCUT2D eigenvalue weighted by atomic mass is 9.85. The zero-order valence-corrected chi connectivity index (χ0v) is 19.3. The molecule has 0 spiro atoms. The monoisotopic (exact) mass is 464 g/mol. The molecule has 8 nitrogen and oxygen atoms in total. The van der Waals surface area contributed by atoms with E-state index in [9.17, 15) is 14.7 Å². The van der Waals surface area contributed by atoms with Crippen molar-refractivity contribution in [3.63, 3.8) is 0 Å². The van der Waals surface area contributed by atoms with Crippen molar-refractivity contribution in [1.82, 2.24) is 20.0 Å². The van der Waals surface area contributed by atoms with Crippen molar-refractivity contribution in [2.24, 2.45) is 7.05 Å². The SMILES string of the molecule is Cn1nc(C2CCC(O)NC2=O)c2ccc(C3CCN(C(=O)OC(C)(C)C)CC3(F)F)cc21. The van der Waals surface area contributed by atoms with Crippen LogP contribution in [0.4, 0.5) is 13.6 Å². The van der Waals surface area contributed by atoms with Crippen LogP contribution >= 0.6 is 0 Å². The lowest BCUT2D eigenvalue weighted by Gasteiger charge is -2.39. The van der Waals surface area contributed by atoms with Crippen molar-refractivity contribution in [2.45, 2.75) is 69.6 Å². The molecule has 4 rings (SSSR count). The number of fused-ring (bicyclic) bond motifs is 1. The molecular formula is C23H30F2N4O4. The molecule has 0 saturated carbocycles. The Kier molecular flexibility index (Phi) is 5.84. The topological polar surface area (TPSA) is 96.7 Å². The Labute approximate surface area is 190 Å². The summed E-state index contributed by atoms with van der Waals surface area (Å²) >= 11 is 0. The maximum Gasteiger partial charge on any atom is 0.410 e. The number of aromatic nitrogens is 2. The Morgan fingerprint density at radius 3 is 2.64 bits per heavy atom. The fourth-order valence-electron chi connectivity index (χ4n) is 4.66. The van der Waals surface area contributed by atoms with Gasteiger partial charge in [-0.15, -0.1) is 0 Å². The van der Waals surface area contributed by atoms with Gasteiger partial charge in [0.25, 0.3) is 5.92 Å². The van der Waals surface area contributed by atoms with Crippen LogP contribution in [0.1, 0.15) is 63.1 Å². The number of aryl methyl sites for hydroxylation is 1. The number of ether oxygens (including phenoxy) is 1. The third-order valence-electron chi connectivity index (χ3n) is 6.24. The number of aliphatic hydroxyl groups excluding tert-OH is 1. The molecule has 2 saturated heterocycles. The number of piperidine rings is 2. The summed E-state index contributed by atoms with van der Waals surface area (Å²) in [5, 5.41) is 17.4. The number of aliphatic hydroxyl groups is 1. The van der Waals surface area contributed by atoms with Crippen molar-refractivity contribution < 1.29 is 28.2 Å². The minimum Gasteiger partial charge on any atom is -0.444 e. The summed E-state index contributed by atoms with van der Waals surface area (Å²) in [5.41, 5.74) is 0.954. The van der Waals surface area contributed by atoms with E-state index in [0.29, 0.717) is 29.6 Å². The van der Waals surface area contributed by atoms with E-state index in [4.69, 9.17) is 4.74 Å². The first-order valence-corrected chi connectivity index (χ1v) is 11.2. The largest absolute Gasteiger partial charge is 0.444 e. The lowest BCUT2D eigenvalue weighted by Crippen LogP contribution is -2.50. The highest BCUT2D eigenvalue weighted by Crippen LogP contribution is 2.42. The van der Waals surface area contributed by atoms with Crippen LogP contribution in [0.3, 0.4) is 0 Å². The molecule has 33 heavy (non-hydrogen) atoms. The normalized spacial score (nSPS) is 25.7. The molecule has 3 atom stereocenters. The van der Waals surface area contributed by atoms with E-state index in [1.807, 2.05) is 0 Å². The van der Waals surface area contributed by atoms with Gasteiger partial charge in [-0.3, -0.25) is 9.48 Å². The fraction of sp³-hybridized carbons (Fsp3) is 0.609. The van der Waals surface area contributed by atoms with Crippen molar-refractivity contribution in [1.29, 1.82) is 0 Å². The number of benzene rings is 1. The fourth-order valence-corrected chi connectivity index (χ4v) is 4.66. The standard InChI is InChI=1S/C23H30F2N4O4/c1-22(2,3)33-21(32)29-10-9-16(23(24,25)12-29)13-5-6-14-17(11-13)28(4)27-19(14)15-7-8-18(30)26-20(15)31/h5-6,11,15-16,18,30H,7-10,12H2,1-4H3,(H,26,31). The summed E-state index contributed by atoms with van der Waals surface area (Å²) < 4.78 is 37.1. The van der Waals surface area contributed by atoms with E-state index in [2.05, 4.69) is 10.4 Å². The number of rotatable bonds is 2. The molecule has 2 amide bonds. The molecule has 2 aliphatic rings. The molecule has 2 fully saturated rings. The van der Waals surface area contributed by atoms with Gasteiger partial charge >= 0.3 is 6.09 Å². The number of carbonyl (C=O) groups is 2. The van der Waals surface area contributed by atoms with Gasteiger partial charge in [0.15, 0.2) is 0 Å². The first kappa shape index (κ1) is 23.4. The minimum absolute atomic E-state index is 0.103. The first-order valence-electron chi connectivity index (χ1n) is 11.2. The molecule has 0 aliphatic carbocycles. The van der Waals surface area contributed by atoms with Gasteiger partial charge < -0.3 is 20.1 Å². The summed E-state index contributed by atoms with van der Waals surface area (Å²) in [7, 11) is 1.72. The first-order chi connectivity index (χ1) is 15.4. The van der Waals surface area contributed by atoms with Crippen molar-refractivity contribution >= 4 is 22.9 Å². The van der Waals surface area contributed by atoms with E-state index in [1.54, 1.807) is 50.7 Å². The highest BCUT2D eigenvalue weighted by atomic mass is 19.3. The average molecular weight is 465 g/mol. The molecule has 3 unspecified atom stereocenters. The summed E-state index contributed by atoms with van der Waals surface area (Å²) in [4.78, 5) is 25.7. The number of hydrogen-bond donors (Lipinski definition) is 2. The zero-order chi connectivity index (χ0) is 24.1. The molecule has 0 bridgehead atoms. The Morgan fingerprint density at radius 1 is 1.27 bits per heavy atom. The average Bonchev–Trinajstić information content (AvgIpc) is 3.01. The molecule has 10 heteroatoms. The number of halogens is 2. The summed E-state index contributed by atoms with van der Waals surface area (Å²) in [6, 6.07) is 5.09. The van der Waals surface area contributed by atoms with Crippen LogP contribution in [-0.2, 0) is 16.6 Å². The predicted molar refractivity (Wildman–Crippen MR) is 117 cm³/mol. The van der Waals surface area contributed by atoms with Crippen LogP contribution in [-0.4, -0.2) is 62.6 Å². The van der Waals surface area contributed by atoms with Crippen molar-refractivity contribution in [2.75, 3.05) is 13.1 Å². The van der Waals surface area contributed by atoms with Crippen LogP contribution in [0.15, 0.2) is 18.2 Å². The summed E-state index contributed by atoms with van der Waals surface area (Å²) in [6.45, 7) is 4.57. The third-order valence-corrected chi connectivity index (χ3v) is 6.24. The maximum atomic E-state index is 15.1. The van der Waals surface area contributed by atoms with Gasteiger partial charge in [0.05, 0.1) is 29.6 Å². The highest BCUT2D eigenvalue weighted by Gasteiger charge is 2.47. The van der Waals surface area contributed by atoms with Gasteiger partial charge in [-0.1, -0.05) is 12.1 Å². The second kappa shape index (κ2) is 8.23. The molecule has 2 aromatic rings. The second-order valence-corrected chi connectivity index (χ2v) is 9.94. The van der Waals surface area contributed by atoms with Gasteiger partial charge in [0.1, 0.15) is 11.8 Å². The third kappa shape index (κ3) is 4.66. The Hall–Kier alpha value is -2.75. The van der Waals surface area contributed by atoms with E-state index in [1.165, 1.54) is 0 Å². The van der Waals surface area contributed by atoms with E-state index < -0.39 is 42.2 Å². The second-order valence-electron chi connectivity index (χ2n) is 9.94. The van der Waals surface area contributed by atoms with Crippen LogP contribution in [0.2, 0.25) is 0 Å². The van der Waals surface area contributed by atoms with Gasteiger partial charge in [-0.25, -0.2) is 13.6 Å². The van der Waals surface area contributed by atoms with Gasteiger partial charge in [-0.05, 0) is 51.7 Å². The van der Waals surface area contributed by atoms with Gasteiger partial charge in [0, 0.05) is 19.0 Å². The number of amides is 2. The Morgan fingerprint density at radius 2 is 2.00 bits per heavy atom. The van der Waals surface area contributed by atoms with Crippen LogP contribution < -0.4 is 5.32 Å². The Balaban J connectivity index is 1.58. The van der Waals surface area contributed by atoms with Gasteiger partial charge in [0.2, 0.25) is 5.91 Å². The molecule has 180 valence electrons. The Bertz CT molecular complexity index is 1080. The molecule has 1 aromatic heterocycles. The predicted octanol–water partition coefficient (Wildman–Crippen LogP) is 3.25. The summed E-state index contributed by atoms with van der Waals surface area (Å²) in [6.07, 6.45) is -0.602. The lowest BCUT2D eigenvalue weighted by molar-refractivity contribution is -0.128. The number of nitrogens with one attached hydrogen (secondary N) is 1. The molecular weight excluding hydrogens is 434 g/mol. The number of likely N-dealkylation sites (tertiary alicyclic amines) is 1. The van der Waals surface area contributed by atoms with E-state index in [0.717, 1.165) is 10.3 Å². The molecule has 2 N–H and O–H groups in total. The summed E-state index contributed by atoms with van der Waals surface area (Å²) in [5.74, 6) is -4.96. The van der Waals surface area contributed by atoms with Gasteiger partial charge in [-0.2, -0.15) is 5.10 Å². The van der Waals surface area contributed by atoms with Crippen LogP contribution in [0, 0.1) is 0 Å². The van der Waals surface area contributed by atoms with Crippen molar-refractivity contribution in [3.05, 3.63) is 29.5 Å². The zero-order valence-electron chi connectivity index (χ0n) is 19.3. The number of hydrogen-bond acceptors (Lipinski definition) is 5. The number of carbonyl (C=O) groups excluding carboxylic acids is 2.